The summed E-state index contributed by atoms with van der Waals surface area (Å²) in [5.74, 6) is 0.299. The second kappa shape index (κ2) is 4.61. The highest BCUT2D eigenvalue weighted by Gasteiger charge is 2.29. The van der Waals surface area contributed by atoms with E-state index >= 15 is 0 Å². The third-order valence-electron chi connectivity index (χ3n) is 2.95. The molecule has 2 atom stereocenters. The van der Waals surface area contributed by atoms with Crippen LogP contribution < -0.4 is 9.64 Å². The van der Waals surface area contributed by atoms with Gasteiger partial charge >= 0.3 is 0 Å². The Morgan fingerprint density at radius 1 is 1.50 bits per heavy atom. The van der Waals surface area contributed by atoms with E-state index < -0.39 is 11.5 Å². The van der Waals surface area contributed by atoms with Crippen LogP contribution >= 0.6 is 11.6 Å². The molecule has 1 aliphatic rings. The van der Waals surface area contributed by atoms with Crippen LogP contribution in [0.3, 0.4) is 0 Å². The van der Waals surface area contributed by atoms with Gasteiger partial charge in [0.25, 0.3) is 5.91 Å². The lowest BCUT2D eigenvalue weighted by Gasteiger charge is -2.30. The van der Waals surface area contributed by atoms with Gasteiger partial charge in [0, 0.05) is 12.6 Å². The van der Waals surface area contributed by atoms with Gasteiger partial charge < -0.3 is 9.64 Å². The van der Waals surface area contributed by atoms with E-state index in [9.17, 15) is 9.59 Å². The second-order valence-electron chi connectivity index (χ2n) is 4.32. The van der Waals surface area contributed by atoms with Crippen LogP contribution in [0.2, 0.25) is 0 Å². The molecule has 0 fully saturated rings. The molecule has 1 heterocycles. The van der Waals surface area contributed by atoms with E-state index in [0.717, 1.165) is 0 Å². The second-order valence-corrected chi connectivity index (χ2v) is 4.97. The van der Waals surface area contributed by atoms with Crippen molar-refractivity contribution in [3.8, 4) is 5.75 Å². The van der Waals surface area contributed by atoms with Crippen LogP contribution in [-0.4, -0.2) is 30.2 Å². The fraction of sp³-hybridized carbons (Fsp3) is 0.385. The maximum absolute atomic E-state index is 11.8. The molecule has 0 bridgehead atoms. The van der Waals surface area contributed by atoms with E-state index in [2.05, 4.69) is 0 Å². The van der Waals surface area contributed by atoms with Crippen LogP contribution in [0.25, 0.3) is 0 Å². The summed E-state index contributed by atoms with van der Waals surface area (Å²) in [7, 11) is 1.67. The molecule has 0 radical (unpaired) electrons. The van der Waals surface area contributed by atoms with Crippen molar-refractivity contribution >= 4 is 29.0 Å². The van der Waals surface area contributed by atoms with Crippen LogP contribution in [-0.2, 0) is 4.79 Å². The number of alkyl halides is 1. The average molecular weight is 268 g/mol. The molecule has 18 heavy (non-hydrogen) atoms. The van der Waals surface area contributed by atoms with Crippen molar-refractivity contribution < 1.29 is 14.3 Å². The maximum atomic E-state index is 11.8. The number of hydrogen-bond donors (Lipinski definition) is 0. The van der Waals surface area contributed by atoms with E-state index in [1.165, 1.54) is 4.90 Å². The number of rotatable bonds is 2. The summed E-state index contributed by atoms with van der Waals surface area (Å²) in [5.41, 5.74) is 1.08. The number of fused-ring (bicyclic) bond motifs is 1. The number of anilines is 1. The Morgan fingerprint density at radius 2 is 2.17 bits per heavy atom. The minimum atomic E-state index is -0.590. The van der Waals surface area contributed by atoms with Crippen LogP contribution in [0.4, 0.5) is 5.69 Å². The largest absolute Gasteiger partial charge is 0.479 e. The number of Topliss-reactive ketones (excluding diaryl/α,β-unsaturated/α-hetero) is 1. The third-order valence-corrected chi connectivity index (χ3v) is 3.15. The van der Waals surface area contributed by atoms with Crippen molar-refractivity contribution in [2.45, 2.75) is 25.3 Å². The lowest BCUT2D eigenvalue weighted by atomic mass is 10.1. The van der Waals surface area contributed by atoms with Crippen molar-refractivity contribution in [3.05, 3.63) is 23.8 Å². The fourth-order valence-corrected chi connectivity index (χ4v) is 2.02. The van der Waals surface area contributed by atoms with Gasteiger partial charge in [-0.15, -0.1) is 11.6 Å². The van der Waals surface area contributed by atoms with Crippen LogP contribution in [0.1, 0.15) is 24.2 Å². The summed E-state index contributed by atoms with van der Waals surface area (Å²) in [6.07, 6.45) is -0.504. The number of amides is 1. The summed E-state index contributed by atoms with van der Waals surface area (Å²) in [6.45, 7) is 3.32. The van der Waals surface area contributed by atoms with E-state index in [4.69, 9.17) is 16.3 Å². The normalized spacial score (nSPS) is 20.1. The number of ether oxygens (including phenoxy) is 1. The number of nitrogens with zero attached hydrogens (tertiary/aromatic N) is 1. The number of likely N-dealkylation sites (N-methyl/N-ethyl adjacent to an activating group) is 1. The number of hydrogen-bond acceptors (Lipinski definition) is 3. The predicted molar refractivity (Wildman–Crippen MR) is 69.6 cm³/mol. The SMILES string of the molecule is CC(Cl)C(=O)c1ccc2c(c1)N(C)C(=O)C(C)O2. The molecule has 0 aliphatic carbocycles. The molecule has 2 unspecified atom stereocenters. The van der Waals surface area contributed by atoms with E-state index in [0.29, 0.717) is 17.0 Å². The van der Waals surface area contributed by atoms with Gasteiger partial charge in [-0.1, -0.05) is 0 Å². The Labute approximate surface area is 110 Å². The van der Waals surface area contributed by atoms with Gasteiger partial charge in [0.15, 0.2) is 11.9 Å². The highest BCUT2D eigenvalue weighted by Crippen LogP contribution is 2.34. The molecule has 1 amide bonds. The quantitative estimate of drug-likeness (QED) is 0.610. The van der Waals surface area contributed by atoms with Gasteiger partial charge in [0.1, 0.15) is 5.75 Å². The standard InChI is InChI=1S/C13H14ClNO3/c1-7(14)12(16)9-4-5-11-10(6-9)15(3)13(17)8(2)18-11/h4-8H,1-3H3. The number of benzene rings is 1. The maximum Gasteiger partial charge on any atom is 0.267 e. The third kappa shape index (κ3) is 2.08. The topological polar surface area (TPSA) is 46.6 Å². The molecule has 0 aromatic heterocycles. The molecular formula is C13H14ClNO3. The Balaban J connectivity index is 2.44. The van der Waals surface area contributed by atoms with Gasteiger partial charge in [-0.25, -0.2) is 0 Å². The Kier molecular flexibility index (Phi) is 3.30. The van der Waals surface area contributed by atoms with Crippen molar-refractivity contribution in [2.75, 3.05) is 11.9 Å². The first-order chi connectivity index (χ1) is 8.41. The summed E-state index contributed by atoms with van der Waals surface area (Å²) in [4.78, 5) is 25.1. The van der Waals surface area contributed by atoms with Gasteiger partial charge in [-0.2, -0.15) is 0 Å². The van der Waals surface area contributed by atoms with Crippen molar-refractivity contribution in [1.82, 2.24) is 0 Å². The lowest BCUT2D eigenvalue weighted by Crippen LogP contribution is -2.42. The van der Waals surface area contributed by atoms with Crippen LogP contribution in [0.5, 0.6) is 5.75 Å². The Hall–Kier alpha value is -1.55. The van der Waals surface area contributed by atoms with Crippen molar-refractivity contribution in [1.29, 1.82) is 0 Å². The molecule has 0 saturated carbocycles. The molecule has 1 aromatic carbocycles. The summed E-state index contributed by atoms with van der Waals surface area (Å²) in [6, 6.07) is 5.00. The van der Waals surface area contributed by atoms with Crippen molar-refractivity contribution in [2.24, 2.45) is 0 Å². The number of halogens is 1. The first kappa shape index (κ1) is 12.9. The first-order valence-electron chi connectivity index (χ1n) is 5.68. The molecule has 2 rings (SSSR count). The minimum Gasteiger partial charge on any atom is -0.479 e. The number of carbonyl (C=O) groups is 2. The Morgan fingerprint density at radius 3 is 2.78 bits per heavy atom. The molecule has 0 saturated heterocycles. The molecule has 1 aliphatic heterocycles. The summed E-state index contributed by atoms with van der Waals surface area (Å²) in [5, 5.41) is -0.590. The van der Waals surface area contributed by atoms with Gasteiger partial charge in [-0.3, -0.25) is 9.59 Å². The van der Waals surface area contributed by atoms with Crippen molar-refractivity contribution in [3.63, 3.8) is 0 Å². The van der Waals surface area contributed by atoms with Crippen LogP contribution in [0.15, 0.2) is 18.2 Å². The zero-order valence-corrected chi connectivity index (χ0v) is 11.2. The van der Waals surface area contributed by atoms with Crippen LogP contribution in [0, 0.1) is 0 Å². The zero-order chi connectivity index (χ0) is 13.4. The molecular weight excluding hydrogens is 254 g/mol. The first-order valence-corrected chi connectivity index (χ1v) is 6.12. The molecule has 96 valence electrons. The lowest BCUT2D eigenvalue weighted by molar-refractivity contribution is -0.125. The highest BCUT2D eigenvalue weighted by atomic mass is 35.5. The van der Waals surface area contributed by atoms with E-state index in [1.54, 1.807) is 39.1 Å². The Bertz CT molecular complexity index is 513. The molecule has 0 spiro atoms. The number of carbonyl (C=O) groups excluding carboxylic acids is 2. The van der Waals surface area contributed by atoms with Gasteiger partial charge in [0.05, 0.1) is 11.1 Å². The molecule has 0 N–H and O–H groups in total. The fourth-order valence-electron chi connectivity index (χ4n) is 1.89. The van der Waals surface area contributed by atoms with Gasteiger partial charge in [-0.05, 0) is 32.0 Å². The summed E-state index contributed by atoms with van der Waals surface area (Å²) < 4.78 is 5.47. The number of ketones is 1. The van der Waals surface area contributed by atoms with Gasteiger partial charge in [0.2, 0.25) is 0 Å². The monoisotopic (exact) mass is 267 g/mol. The average Bonchev–Trinajstić information content (AvgIpc) is 2.35. The smallest absolute Gasteiger partial charge is 0.267 e. The highest BCUT2D eigenvalue weighted by molar-refractivity contribution is 6.33. The summed E-state index contributed by atoms with van der Waals surface area (Å²) >= 11 is 5.77. The molecule has 5 heteroatoms. The molecule has 1 aromatic rings. The predicted octanol–water partition coefficient (Wildman–Crippen LogP) is 2.24. The zero-order valence-electron chi connectivity index (χ0n) is 10.4. The molecule has 4 nitrogen and oxygen atoms in total. The minimum absolute atomic E-state index is 0.133. The van der Waals surface area contributed by atoms with E-state index in [-0.39, 0.29) is 11.7 Å². The van der Waals surface area contributed by atoms with E-state index in [1.807, 2.05) is 0 Å².